The number of aryl methyl sites for hydroxylation is 1. The van der Waals surface area contributed by atoms with Crippen LogP contribution in [0.25, 0.3) is 10.6 Å². The molecule has 0 aliphatic rings. The predicted molar refractivity (Wildman–Crippen MR) is 111 cm³/mol. The highest BCUT2D eigenvalue weighted by atomic mass is 32.1. The van der Waals surface area contributed by atoms with E-state index in [-0.39, 0.29) is 5.91 Å². The van der Waals surface area contributed by atoms with Crippen molar-refractivity contribution in [3.8, 4) is 10.6 Å². The third kappa shape index (κ3) is 4.35. The SMILES string of the molecule is Cc1ccc(-c2nc(C(=O)NCc3ccc(Cn4cccn4)cc3)cs2)cc1. The van der Waals surface area contributed by atoms with Crippen LogP contribution in [0, 0.1) is 6.92 Å². The molecule has 1 N–H and O–H groups in total. The molecule has 0 unspecified atom stereocenters. The number of hydrogen-bond donors (Lipinski definition) is 1. The van der Waals surface area contributed by atoms with E-state index in [1.54, 1.807) is 11.6 Å². The second-order valence-corrected chi connectivity index (χ2v) is 7.46. The Hall–Kier alpha value is -3.25. The van der Waals surface area contributed by atoms with E-state index < -0.39 is 0 Å². The first-order valence-corrected chi connectivity index (χ1v) is 9.91. The molecule has 5 nitrogen and oxygen atoms in total. The fraction of sp³-hybridized carbons (Fsp3) is 0.136. The molecule has 0 aliphatic heterocycles. The van der Waals surface area contributed by atoms with Gasteiger partial charge in [-0.2, -0.15) is 5.10 Å². The molecule has 2 heterocycles. The van der Waals surface area contributed by atoms with E-state index >= 15 is 0 Å². The quantitative estimate of drug-likeness (QED) is 0.536. The summed E-state index contributed by atoms with van der Waals surface area (Å²) in [6.07, 6.45) is 3.71. The number of rotatable bonds is 6. The van der Waals surface area contributed by atoms with E-state index in [9.17, 15) is 4.79 Å². The van der Waals surface area contributed by atoms with Crippen LogP contribution < -0.4 is 5.32 Å². The molecule has 0 spiro atoms. The summed E-state index contributed by atoms with van der Waals surface area (Å²) in [7, 11) is 0. The van der Waals surface area contributed by atoms with Crippen LogP contribution in [0.4, 0.5) is 0 Å². The fourth-order valence-electron chi connectivity index (χ4n) is 2.82. The van der Waals surface area contributed by atoms with Crippen LogP contribution in [0.2, 0.25) is 0 Å². The van der Waals surface area contributed by atoms with Crippen LogP contribution in [-0.2, 0) is 13.1 Å². The molecule has 4 aromatic rings. The molecule has 0 atom stereocenters. The van der Waals surface area contributed by atoms with Gasteiger partial charge in [0, 0.05) is 29.9 Å². The summed E-state index contributed by atoms with van der Waals surface area (Å²) in [4.78, 5) is 16.9. The van der Waals surface area contributed by atoms with Gasteiger partial charge in [0.2, 0.25) is 0 Å². The molecule has 2 aromatic carbocycles. The van der Waals surface area contributed by atoms with Crippen molar-refractivity contribution in [1.29, 1.82) is 0 Å². The highest BCUT2D eigenvalue weighted by molar-refractivity contribution is 7.13. The summed E-state index contributed by atoms with van der Waals surface area (Å²) >= 11 is 1.48. The number of carbonyl (C=O) groups is 1. The summed E-state index contributed by atoms with van der Waals surface area (Å²) in [6.45, 7) is 3.26. The Labute approximate surface area is 167 Å². The van der Waals surface area contributed by atoms with Gasteiger partial charge in [-0.15, -0.1) is 11.3 Å². The molecule has 2 aromatic heterocycles. The van der Waals surface area contributed by atoms with Crippen molar-refractivity contribution in [2.24, 2.45) is 0 Å². The highest BCUT2D eigenvalue weighted by Crippen LogP contribution is 2.24. The van der Waals surface area contributed by atoms with Gasteiger partial charge < -0.3 is 5.32 Å². The van der Waals surface area contributed by atoms with Gasteiger partial charge in [-0.3, -0.25) is 9.48 Å². The van der Waals surface area contributed by atoms with Gasteiger partial charge in [-0.25, -0.2) is 4.98 Å². The normalized spacial score (nSPS) is 10.8. The smallest absolute Gasteiger partial charge is 0.271 e. The van der Waals surface area contributed by atoms with E-state index in [1.165, 1.54) is 22.5 Å². The Kier molecular flexibility index (Phi) is 5.30. The van der Waals surface area contributed by atoms with Crippen molar-refractivity contribution in [2.45, 2.75) is 20.0 Å². The predicted octanol–water partition coefficient (Wildman–Crippen LogP) is 4.29. The van der Waals surface area contributed by atoms with Gasteiger partial charge in [0.05, 0.1) is 6.54 Å². The van der Waals surface area contributed by atoms with Crippen LogP contribution in [-0.4, -0.2) is 20.7 Å². The molecule has 140 valence electrons. The van der Waals surface area contributed by atoms with Gasteiger partial charge >= 0.3 is 0 Å². The summed E-state index contributed by atoms with van der Waals surface area (Å²) in [5, 5.41) is 9.81. The van der Waals surface area contributed by atoms with E-state index in [2.05, 4.69) is 34.5 Å². The number of hydrogen-bond acceptors (Lipinski definition) is 4. The van der Waals surface area contributed by atoms with E-state index in [0.29, 0.717) is 12.2 Å². The molecular weight excluding hydrogens is 368 g/mol. The van der Waals surface area contributed by atoms with E-state index in [4.69, 9.17) is 0 Å². The monoisotopic (exact) mass is 388 g/mol. The number of benzene rings is 2. The third-order valence-electron chi connectivity index (χ3n) is 4.42. The number of nitrogens with zero attached hydrogens (tertiary/aromatic N) is 3. The molecule has 28 heavy (non-hydrogen) atoms. The Bertz CT molecular complexity index is 1050. The lowest BCUT2D eigenvalue weighted by molar-refractivity contribution is 0.0946. The first kappa shape index (κ1) is 18.1. The van der Waals surface area contributed by atoms with Crippen LogP contribution in [0.1, 0.15) is 27.2 Å². The number of carbonyl (C=O) groups excluding carboxylic acids is 1. The third-order valence-corrected chi connectivity index (χ3v) is 5.31. The number of amides is 1. The minimum atomic E-state index is -0.157. The van der Waals surface area contributed by atoms with Crippen LogP contribution in [0.3, 0.4) is 0 Å². The van der Waals surface area contributed by atoms with Crippen LogP contribution >= 0.6 is 11.3 Å². The maximum atomic E-state index is 12.4. The molecule has 1 amide bonds. The van der Waals surface area contributed by atoms with Gasteiger partial charge in [-0.1, -0.05) is 54.1 Å². The Morgan fingerprint density at radius 2 is 1.82 bits per heavy atom. The molecule has 0 bridgehead atoms. The van der Waals surface area contributed by atoms with Gasteiger partial charge in [0.25, 0.3) is 5.91 Å². The summed E-state index contributed by atoms with van der Waals surface area (Å²) < 4.78 is 1.88. The number of aromatic nitrogens is 3. The van der Waals surface area contributed by atoms with Crippen molar-refractivity contribution >= 4 is 17.2 Å². The molecule has 0 aliphatic carbocycles. The topological polar surface area (TPSA) is 59.8 Å². The van der Waals surface area contributed by atoms with E-state index in [1.807, 2.05) is 53.3 Å². The second-order valence-electron chi connectivity index (χ2n) is 6.61. The molecule has 4 rings (SSSR count). The first-order valence-electron chi connectivity index (χ1n) is 9.03. The Balaban J connectivity index is 1.34. The molecule has 0 saturated heterocycles. The van der Waals surface area contributed by atoms with Gasteiger partial charge in [0.1, 0.15) is 10.7 Å². The lowest BCUT2D eigenvalue weighted by Gasteiger charge is -2.06. The zero-order valence-electron chi connectivity index (χ0n) is 15.5. The summed E-state index contributed by atoms with van der Waals surface area (Å²) in [6, 6.07) is 18.2. The van der Waals surface area contributed by atoms with Crippen LogP contribution in [0.15, 0.2) is 72.4 Å². The Morgan fingerprint density at radius 3 is 2.54 bits per heavy atom. The van der Waals surface area contributed by atoms with Crippen molar-refractivity contribution in [2.75, 3.05) is 0 Å². The summed E-state index contributed by atoms with van der Waals surface area (Å²) in [5.41, 5.74) is 4.90. The minimum Gasteiger partial charge on any atom is -0.347 e. The molecule has 0 fully saturated rings. The maximum absolute atomic E-state index is 12.4. The van der Waals surface area contributed by atoms with Crippen LogP contribution in [0.5, 0.6) is 0 Å². The minimum absolute atomic E-state index is 0.157. The lowest BCUT2D eigenvalue weighted by atomic mass is 10.1. The zero-order chi connectivity index (χ0) is 19.3. The maximum Gasteiger partial charge on any atom is 0.271 e. The standard InChI is InChI=1S/C22H20N4OS/c1-16-3-9-19(10-4-16)22-25-20(15-28-22)21(27)23-13-17-5-7-18(8-6-17)14-26-12-2-11-24-26/h2-12,15H,13-14H2,1H3,(H,23,27). The molecule has 6 heteroatoms. The molecular formula is C22H20N4OS. The second kappa shape index (κ2) is 8.19. The lowest BCUT2D eigenvalue weighted by Crippen LogP contribution is -2.23. The summed E-state index contributed by atoms with van der Waals surface area (Å²) in [5.74, 6) is -0.157. The first-order chi connectivity index (χ1) is 13.7. The average molecular weight is 388 g/mol. The van der Waals surface area contributed by atoms with Crippen molar-refractivity contribution in [1.82, 2.24) is 20.1 Å². The van der Waals surface area contributed by atoms with E-state index in [0.717, 1.165) is 22.7 Å². The largest absolute Gasteiger partial charge is 0.347 e. The molecule has 0 saturated carbocycles. The fourth-order valence-corrected chi connectivity index (χ4v) is 3.63. The Morgan fingerprint density at radius 1 is 1.07 bits per heavy atom. The zero-order valence-corrected chi connectivity index (χ0v) is 16.3. The number of thiazole rings is 1. The average Bonchev–Trinajstić information content (AvgIpc) is 3.40. The number of nitrogens with one attached hydrogen (secondary N) is 1. The van der Waals surface area contributed by atoms with Crippen molar-refractivity contribution in [3.05, 3.63) is 94.8 Å². The highest BCUT2D eigenvalue weighted by Gasteiger charge is 2.11. The van der Waals surface area contributed by atoms with Gasteiger partial charge in [-0.05, 0) is 24.1 Å². The van der Waals surface area contributed by atoms with Crippen molar-refractivity contribution in [3.63, 3.8) is 0 Å². The van der Waals surface area contributed by atoms with Crippen molar-refractivity contribution < 1.29 is 4.79 Å². The van der Waals surface area contributed by atoms with Gasteiger partial charge in [0.15, 0.2) is 0 Å². The molecule has 0 radical (unpaired) electrons.